The van der Waals surface area contributed by atoms with Gasteiger partial charge in [0, 0.05) is 34.6 Å². The van der Waals surface area contributed by atoms with Gasteiger partial charge in [-0.2, -0.15) is 0 Å². The van der Waals surface area contributed by atoms with E-state index < -0.39 is 161 Å². The number of carbonyl (C=O) groups excluding carboxylic acids is 5. The molecule has 22 heteroatoms. The summed E-state index contributed by atoms with van der Waals surface area (Å²) in [5.74, 6) is -4.94. The first-order chi connectivity index (χ1) is 41.6. The molecular formula is C66H87NO19Si2. The summed E-state index contributed by atoms with van der Waals surface area (Å²) >= 11 is 0. The number of esters is 4. The van der Waals surface area contributed by atoms with E-state index in [-0.39, 0.29) is 13.2 Å². The van der Waals surface area contributed by atoms with Crippen LogP contribution in [0.1, 0.15) is 96.9 Å². The Bertz CT molecular complexity index is 2920. The summed E-state index contributed by atoms with van der Waals surface area (Å²) in [6, 6.07) is 38.9. The van der Waals surface area contributed by atoms with Crippen molar-refractivity contribution in [2.75, 3.05) is 19.8 Å². The Hall–Kier alpha value is -6.00. The van der Waals surface area contributed by atoms with Crippen LogP contribution in [0.2, 0.25) is 10.1 Å². The van der Waals surface area contributed by atoms with Gasteiger partial charge in [-0.25, -0.2) is 0 Å². The predicted molar refractivity (Wildman–Crippen MR) is 328 cm³/mol. The predicted octanol–water partition coefficient (Wildman–Crippen LogP) is 6.06. The van der Waals surface area contributed by atoms with Gasteiger partial charge in [0.25, 0.3) is 16.6 Å². The van der Waals surface area contributed by atoms with E-state index in [0.29, 0.717) is 0 Å². The third kappa shape index (κ3) is 15.1. The van der Waals surface area contributed by atoms with Gasteiger partial charge >= 0.3 is 23.9 Å². The fourth-order valence-electron chi connectivity index (χ4n) is 12.7. The van der Waals surface area contributed by atoms with Crippen molar-refractivity contribution in [3.63, 3.8) is 0 Å². The van der Waals surface area contributed by atoms with Crippen LogP contribution >= 0.6 is 0 Å². The molecule has 0 saturated carbocycles. The molecule has 1 amide bonds. The summed E-state index contributed by atoms with van der Waals surface area (Å²) < 4.78 is 95.2. The molecule has 4 fully saturated rings. The van der Waals surface area contributed by atoms with Crippen molar-refractivity contribution in [1.82, 2.24) is 5.32 Å². The van der Waals surface area contributed by atoms with Crippen LogP contribution in [0.15, 0.2) is 134 Å². The van der Waals surface area contributed by atoms with Crippen molar-refractivity contribution in [2.24, 2.45) is 0 Å². The number of amides is 1. The minimum Gasteiger partial charge on any atom is -0.463 e. The maximum atomic E-state index is 13.9. The smallest absolute Gasteiger partial charge is 0.303 e. The minimum atomic E-state index is -3.57. The van der Waals surface area contributed by atoms with Crippen LogP contribution in [-0.4, -0.2) is 164 Å². The van der Waals surface area contributed by atoms with Crippen molar-refractivity contribution in [3.8, 4) is 0 Å². The van der Waals surface area contributed by atoms with Gasteiger partial charge in [0.2, 0.25) is 5.91 Å². The van der Waals surface area contributed by atoms with Gasteiger partial charge in [-0.15, -0.1) is 6.58 Å². The van der Waals surface area contributed by atoms with Gasteiger partial charge in [-0.05, 0) is 51.6 Å². The third-order valence-electron chi connectivity index (χ3n) is 16.1. The maximum absolute atomic E-state index is 13.9. The van der Waals surface area contributed by atoms with Crippen LogP contribution in [0.3, 0.4) is 0 Å². The zero-order valence-electron chi connectivity index (χ0n) is 52.9. The highest BCUT2D eigenvalue weighted by molar-refractivity contribution is 7.00. The Morgan fingerprint density at radius 2 is 0.966 bits per heavy atom. The van der Waals surface area contributed by atoms with E-state index in [1.165, 1.54) is 19.9 Å². The van der Waals surface area contributed by atoms with E-state index in [4.69, 9.17) is 65.7 Å². The summed E-state index contributed by atoms with van der Waals surface area (Å²) in [4.78, 5) is 65.9. The Kier molecular flexibility index (Phi) is 22.0. The number of carbonyl (C=O) groups is 5. The fraction of sp³-hybridized carbons (Fsp3) is 0.530. The highest BCUT2D eigenvalue weighted by Crippen LogP contribution is 2.46. The van der Waals surface area contributed by atoms with Crippen molar-refractivity contribution in [2.45, 2.75) is 205 Å². The van der Waals surface area contributed by atoms with Gasteiger partial charge < -0.3 is 71.0 Å². The van der Waals surface area contributed by atoms with Crippen molar-refractivity contribution in [3.05, 3.63) is 134 Å². The van der Waals surface area contributed by atoms with Crippen LogP contribution in [-0.2, 0) is 89.7 Å². The second kappa shape index (κ2) is 28.4. The molecule has 4 aromatic rings. The number of nitrogens with one attached hydrogen (secondary N) is 1. The quantitative estimate of drug-likeness (QED) is 0.0408. The standard InChI is InChI=1S/C66H87NO19Si2/c1-16-37-73-61-52(67-41(3)68)56(83-62-59(79-45(7)72)57(78-44(6)71)55(77-43(5)70)50(81-62)38-74-42(4)69)54(51(80-61)39-75-87(64(8,9)10,46-29-21-17-22-30-46)47-31-23-18-24-32-47)82-63-60(58-53(40(2)76-63)84-66(14,15)85-58)86-88(65(11,12)13,48-33-25-19-26-34-48)49-35-27-20-28-36-49/h16-36,40,50-63H,1,37-39H2,2-15H3,(H,67,68)/t40-,50+,51+,52+,53+,54+,55-,56+,57-,58+,59+,60-,61+,62-,63-/m0/s1. The summed E-state index contributed by atoms with van der Waals surface area (Å²) in [6.07, 6.45) is -16.9. The van der Waals surface area contributed by atoms with Crippen molar-refractivity contribution >= 4 is 67.2 Å². The largest absolute Gasteiger partial charge is 0.463 e. The van der Waals surface area contributed by atoms with Gasteiger partial charge in [0.1, 0.15) is 55.4 Å². The molecule has 4 aliphatic rings. The fourth-order valence-corrected chi connectivity index (χ4v) is 22.0. The zero-order chi connectivity index (χ0) is 63.9. The van der Waals surface area contributed by atoms with E-state index in [1.807, 2.05) is 93.6 Å². The summed E-state index contributed by atoms with van der Waals surface area (Å²) in [7, 11) is -7.04. The highest BCUT2D eigenvalue weighted by Gasteiger charge is 2.63. The third-order valence-corrected chi connectivity index (χ3v) is 26.1. The first-order valence-electron chi connectivity index (χ1n) is 29.9. The first kappa shape index (κ1) is 67.9. The summed E-state index contributed by atoms with van der Waals surface area (Å²) in [5.41, 5.74) is 0. The van der Waals surface area contributed by atoms with E-state index in [2.05, 4.69) is 102 Å². The molecule has 4 aromatic carbocycles. The van der Waals surface area contributed by atoms with E-state index >= 15 is 0 Å². The Balaban J connectivity index is 1.38. The lowest BCUT2D eigenvalue weighted by Gasteiger charge is -2.53. The van der Waals surface area contributed by atoms with Crippen LogP contribution < -0.4 is 26.1 Å². The Morgan fingerprint density at radius 3 is 1.43 bits per heavy atom. The van der Waals surface area contributed by atoms with Crippen LogP contribution in [0.4, 0.5) is 0 Å². The molecule has 0 bridgehead atoms. The van der Waals surface area contributed by atoms with E-state index in [1.54, 1.807) is 0 Å². The maximum Gasteiger partial charge on any atom is 0.303 e. The topological polar surface area (TPSA) is 227 Å². The molecule has 1 N–H and O–H groups in total. The highest BCUT2D eigenvalue weighted by atomic mass is 28.4. The van der Waals surface area contributed by atoms with Crippen LogP contribution in [0.25, 0.3) is 0 Å². The van der Waals surface area contributed by atoms with Gasteiger partial charge in [0.05, 0.1) is 19.3 Å². The number of ether oxygens (including phenoxy) is 12. The Labute approximate surface area is 518 Å². The van der Waals surface area contributed by atoms with E-state index in [0.717, 1.165) is 41.5 Å². The molecular weight excluding hydrogens is 1170 g/mol. The molecule has 15 atom stereocenters. The number of benzene rings is 4. The monoisotopic (exact) mass is 1250 g/mol. The number of hydrogen-bond donors (Lipinski definition) is 1. The molecule has 478 valence electrons. The molecule has 4 saturated heterocycles. The molecule has 20 nitrogen and oxygen atoms in total. The summed E-state index contributed by atoms with van der Waals surface area (Å²) in [6.45, 7) is 27.3. The second-order valence-electron chi connectivity index (χ2n) is 25.2. The average Bonchev–Trinajstić information content (AvgIpc) is 1.20. The molecule has 0 aliphatic carbocycles. The lowest BCUT2D eigenvalue weighted by Crippen LogP contribution is -2.73. The van der Waals surface area contributed by atoms with Crippen LogP contribution in [0.5, 0.6) is 0 Å². The van der Waals surface area contributed by atoms with E-state index in [9.17, 15) is 24.0 Å². The first-order valence-corrected chi connectivity index (χ1v) is 33.7. The van der Waals surface area contributed by atoms with Crippen molar-refractivity contribution < 1.29 is 89.7 Å². The lowest BCUT2D eigenvalue weighted by molar-refractivity contribution is -0.369. The van der Waals surface area contributed by atoms with Crippen LogP contribution in [0, 0.1) is 0 Å². The van der Waals surface area contributed by atoms with Gasteiger partial charge in [-0.1, -0.05) is 169 Å². The number of fused-ring (bicyclic) bond motifs is 1. The van der Waals surface area contributed by atoms with Gasteiger partial charge in [-0.3, -0.25) is 24.0 Å². The average molecular weight is 1250 g/mol. The zero-order valence-corrected chi connectivity index (χ0v) is 54.9. The molecule has 4 aliphatic heterocycles. The molecule has 0 radical (unpaired) electrons. The SMILES string of the molecule is C=CCO[C@@H]1O[C@H](CO[Si](c2ccccc2)(c2ccccc2)C(C)(C)C)[C@@H](O[C@@H]2O[C@@H](C)[C@H]3OC(C)(C)O[C@H]3[C@@H]2O[Si](c2ccccc2)(c2ccccc2)C(C)(C)C)[C@H](O[C@@H]2O[C@H](COC(C)=O)[C@H](OC(C)=O)[C@H](OC(C)=O)[C@H]2OC(C)=O)[C@H]1NC(C)=O. The molecule has 4 heterocycles. The molecule has 0 spiro atoms. The van der Waals surface area contributed by atoms with Gasteiger partial charge in [0.15, 0.2) is 43.0 Å². The molecule has 88 heavy (non-hydrogen) atoms. The molecule has 0 unspecified atom stereocenters. The second-order valence-corrected chi connectivity index (χ2v) is 33.7. The van der Waals surface area contributed by atoms with Crippen molar-refractivity contribution in [1.29, 1.82) is 0 Å². The minimum absolute atomic E-state index is 0.0891. The molecule has 8 rings (SSSR count). The number of rotatable bonds is 22. The summed E-state index contributed by atoms with van der Waals surface area (Å²) in [5, 5.41) is 5.70. The Morgan fingerprint density at radius 1 is 0.534 bits per heavy atom. The normalized spacial score (nSPS) is 29.0. The molecule has 0 aromatic heterocycles. The lowest BCUT2D eigenvalue weighted by atomic mass is 9.94. The number of hydrogen-bond acceptors (Lipinski definition) is 19.